The highest BCUT2D eigenvalue weighted by molar-refractivity contribution is 5.82. The molecule has 0 saturated heterocycles. The first-order chi connectivity index (χ1) is 4.18. The van der Waals surface area contributed by atoms with Gasteiger partial charge in [0.2, 0.25) is 5.91 Å². The van der Waals surface area contributed by atoms with E-state index in [0.29, 0.717) is 6.29 Å². The van der Waals surface area contributed by atoms with Crippen LogP contribution in [0.5, 0.6) is 0 Å². The molecular weight excluding hydrogens is 120 g/mol. The molecule has 0 spiro atoms. The van der Waals surface area contributed by atoms with E-state index in [2.05, 4.69) is 5.32 Å². The van der Waals surface area contributed by atoms with Crippen molar-refractivity contribution in [2.75, 3.05) is 6.54 Å². The van der Waals surface area contributed by atoms with Crippen molar-refractivity contribution >= 4 is 12.2 Å². The summed E-state index contributed by atoms with van der Waals surface area (Å²) in [4.78, 5) is 20.2. The Labute approximate surface area is 53.4 Å². The first-order valence-electron chi connectivity index (χ1n) is 2.65. The third kappa shape index (κ3) is 3.66. The Balaban J connectivity index is 3.38. The Morgan fingerprint density at radius 1 is 1.89 bits per heavy atom. The van der Waals surface area contributed by atoms with Crippen LogP contribution < -0.4 is 11.1 Å². The van der Waals surface area contributed by atoms with Gasteiger partial charge in [0.15, 0.2) is 0 Å². The molecule has 0 aromatic heterocycles. The minimum atomic E-state index is -0.537. The average molecular weight is 130 g/mol. The molecule has 3 N–H and O–H groups in total. The first kappa shape index (κ1) is 8.10. The highest BCUT2D eigenvalue weighted by atomic mass is 16.2. The fourth-order valence-electron chi connectivity index (χ4n) is 0.303. The lowest BCUT2D eigenvalue weighted by molar-refractivity contribution is -0.123. The maximum Gasteiger partial charge on any atom is 0.236 e. The average Bonchev–Trinajstić information content (AvgIpc) is 1.82. The van der Waals surface area contributed by atoms with Gasteiger partial charge in [-0.2, -0.15) is 0 Å². The second-order valence-electron chi connectivity index (χ2n) is 1.70. The lowest BCUT2D eigenvalue weighted by Crippen LogP contribution is -2.38. The molecule has 1 atom stereocenters. The molecule has 0 aliphatic heterocycles. The third-order valence-corrected chi connectivity index (χ3v) is 0.773. The molecule has 0 aliphatic rings. The summed E-state index contributed by atoms with van der Waals surface area (Å²) in [5, 5.41) is 2.30. The lowest BCUT2D eigenvalue weighted by Gasteiger charge is -2.02. The number of carbonyl (C=O) groups excluding carboxylic acids is 2. The molecule has 0 heterocycles. The molecule has 0 fully saturated rings. The van der Waals surface area contributed by atoms with Crippen LogP contribution in [0.15, 0.2) is 0 Å². The maximum absolute atomic E-state index is 10.5. The molecule has 0 saturated carbocycles. The van der Waals surface area contributed by atoms with Gasteiger partial charge >= 0.3 is 0 Å². The minimum Gasteiger partial charge on any atom is -0.348 e. The van der Waals surface area contributed by atoms with E-state index in [9.17, 15) is 9.59 Å². The molecule has 4 nitrogen and oxygen atoms in total. The van der Waals surface area contributed by atoms with Gasteiger partial charge in [-0.3, -0.25) is 4.79 Å². The third-order valence-electron chi connectivity index (χ3n) is 0.773. The van der Waals surface area contributed by atoms with E-state index in [-0.39, 0.29) is 12.5 Å². The van der Waals surface area contributed by atoms with Gasteiger partial charge in [-0.15, -0.1) is 0 Å². The molecule has 0 aromatic rings. The van der Waals surface area contributed by atoms with Gasteiger partial charge in [-0.1, -0.05) is 0 Å². The standard InChI is InChI=1S/C5H10N2O2/c1-4(6)5(9)7-2-3-8/h3-4H,2,6H2,1H3,(H,7,9). The Kier molecular flexibility index (Phi) is 3.62. The van der Waals surface area contributed by atoms with Crippen molar-refractivity contribution in [2.45, 2.75) is 13.0 Å². The van der Waals surface area contributed by atoms with E-state index < -0.39 is 6.04 Å². The van der Waals surface area contributed by atoms with Gasteiger partial charge < -0.3 is 15.8 Å². The fourth-order valence-corrected chi connectivity index (χ4v) is 0.303. The molecule has 4 heteroatoms. The molecule has 0 aromatic carbocycles. The van der Waals surface area contributed by atoms with Crippen LogP contribution in [0.2, 0.25) is 0 Å². The van der Waals surface area contributed by atoms with E-state index in [4.69, 9.17) is 5.73 Å². The molecule has 0 bridgehead atoms. The number of rotatable bonds is 3. The number of carbonyl (C=O) groups is 2. The molecule has 0 aliphatic carbocycles. The van der Waals surface area contributed by atoms with Crippen molar-refractivity contribution in [2.24, 2.45) is 5.73 Å². The largest absolute Gasteiger partial charge is 0.348 e. The Morgan fingerprint density at radius 2 is 2.44 bits per heavy atom. The molecule has 0 radical (unpaired) electrons. The van der Waals surface area contributed by atoms with Crippen LogP contribution in [0.3, 0.4) is 0 Å². The van der Waals surface area contributed by atoms with Crippen molar-refractivity contribution in [1.82, 2.24) is 5.32 Å². The maximum atomic E-state index is 10.5. The fraction of sp³-hybridized carbons (Fsp3) is 0.600. The molecular formula is C5H10N2O2. The molecule has 1 amide bonds. The van der Waals surface area contributed by atoms with Crippen LogP contribution in [0.1, 0.15) is 6.92 Å². The van der Waals surface area contributed by atoms with Gasteiger partial charge in [-0.25, -0.2) is 0 Å². The molecule has 9 heavy (non-hydrogen) atoms. The summed E-state index contributed by atoms with van der Waals surface area (Å²) in [5.74, 6) is -0.304. The minimum absolute atomic E-state index is 0.0420. The van der Waals surface area contributed by atoms with Crippen molar-refractivity contribution in [3.8, 4) is 0 Å². The van der Waals surface area contributed by atoms with Crippen LogP contribution in [0.4, 0.5) is 0 Å². The number of hydrogen-bond donors (Lipinski definition) is 2. The van der Waals surface area contributed by atoms with Crippen LogP contribution >= 0.6 is 0 Å². The zero-order valence-electron chi connectivity index (χ0n) is 5.26. The predicted molar refractivity (Wildman–Crippen MR) is 32.7 cm³/mol. The SMILES string of the molecule is CC(N)C(=O)NCC=O. The van der Waals surface area contributed by atoms with E-state index in [1.807, 2.05) is 0 Å². The van der Waals surface area contributed by atoms with E-state index in [1.165, 1.54) is 0 Å². The Morgan fingerprint density at radius 3 is 2.78 bits per heavy atom. The van der Waals surface area contributed by atoms with E-state index in [0.717, 1.165) is 0 Å². The summed E-state index contributed by atoms with van der Waals surface area (Å²) in [5.41, 5.74) is 5.15. The summed E-state index contributed by atoms with van der Waals surface area (Å²) in [6, 6.07) is -0.537. The first-order valence-corrected chi connectivity index (χ1v) is 2.65. The summed E-state index contributed by atoms with van der Waals surface area (Å²) >= 11 is 0. The quantitative estimate of drug-likeness (QED) is 0.464. The molecule has 0 rings (SSSR count). The van der Waals surface area contributed by atoms with Gasteiger partial charge in [0.05, 0.1) is 12.6 Å². The Hall–Kier alpha value is -0.900. The summed E-state index contributed by atoms with van der Waals surface area (Å²) in [6.07, 6.45) is 0.611. The molecule has 52 valence electrons. The molecule has 1 unspecified atom stereocenters. The van der Waals surface area contributed by atoms with Gasteiger partial charge in [0, 0.05) is 0 Å². The topological polar surface area (TPSA) is 72.2 Å². The lowest BCUT2D eigenvalue weighted by atomic mass is 10.3. The number of aldehydes is 1. The van der Waals surface area contributed by atoms with Crippen molar-refractivity contribution in [3.63, 3.8) is 0 Å². The smallest absolute Gasteiger partial charge is 0.236 e. The summed E-state index contributed by atoms with van der Waals surface area (Å²) in [6.45, 7) is 1.60. The number of nitrogens with two attached hydrogens (primary N) is 1. The summed E-state index contributed by atoms with van der Waals surface area (Å²) < 4.78 is 0. The summed E-state index contributed by atoms with van der Waals surface area (Å²) in [7, 11) is 0. The van der Waals surface area contributed by atoms with E-state index >= 15 is 0 Å². The monoisotopic (exact) mass is 130 g/mol. The predicted octanol–water partition coefficient (Wildman–Crippen LogP) is -1.35. The van der Waals surface area contributed by atoms with Crippen LogP contribution in [-0.4, -0.2) is 24.8 Å². The van der Waals surface area contributed by atoms with Gasteiger partial charge in [0.1, 0.15) is 6.29 Å². The number of amides is 1. The Bertz CT molecular complexity index is 112. The van der Waals surface area contributed by atoms with Crippen LogP contribution in [0, 0.1) is 0 Å². The highest BCUT2D eigenvalue weighted by Crippen LogP contribution is 1.71. The normalized spacial score (nSPS) is 12.2. The second kappa shape index (κ2) is 4.03. The van der Waals surface area contributed by atoms with Crippen molar-refractivity contribution in [3.05, 3.63) is 0 Å². The van der Waals surface area contributed by atoms with Crippen LogP contribution in [-0.2, 0) is 9.59 Å². The van der Waals surface area contributed by atoms with Crippen molar-refractivity contribution < 1.29 is 9.59 Å². The van der Waals surface area contributed by atoms with Gasteiger partial charge in [0.25, 0.3) is 0 Å². The zero-order chi connectivity index (χ0) is 7.28. The van der Waals surface area contributed by atoms with Crippen molar-refractivity contribution in [1.29, 1.82) is 0 Å². The second-order valence-corrected chi connectivity index (χ2v) is 1.70. The van der Waals surface area contributed by atoms with Gasteiger partial charge in [-0.05, 0) is 6.92 Å². The van der Waals surface area contributed by atoms with Crippen LogP contribution in [0.25, 0.3) is 0 Å². The van der Waals surface area contributed by atoms with E-state index in [1.54, 1.807) is 6.92 Å². The number of nitrogens with one attached hydrogen (secondary N) is 1. The highest BCUT2D eigenvalue weighted by Gasteiger charge is 2.03. The zero-order valence-corrected chi connectivity index (χ0v) is 5.26. The number of hydrogen-bond acceptors (Lipinski definition) is 3.